The Labute approximate surface area is 105 Å². The van der Waals surface area contributed by atoms with E-state index in [-0.39, 0.29) is 11.3 Å². The summed E-state index contributed by atoms with van der Waals surface area (Å²) >= 11 is 4.83. The van der Waals surface area contributed by atoms with E-state index in [0.29, 0.717) is 5.75 Å². The van der Waals surface area contributed by atoms with Gasteiger partial charge in [-0.15, -0.1) is 23.1 Å². The van der Waals surface area contributed by atoms with Gasteiger partial charge in [-0.1, -0.05) is 0 Å². The fraction of sp³-hybridized carbons (Fsp3) is 0.200. The number of carbonyl (C=O) groups is 1. The summed E-state index contributed by atoms with van der Waals surface area (Å²) < 4.78 is 0. The van der Waals surface area contributed by atoms with Crippen molar-refractivity contribution in [1.82, 2.24) is 4.98 Å². The second-order valence-electron chi connectivity index (χ2n) is 3.30. The van der Waals surface area contributed by atoms with Crippen LogP contribution in [-0.2, 0) is 4.79 Å². The molecule has 0 radical (unpaired) electrons. The monoisotopic (exact) mass is 268 g/mol. The zero-order valence-corrected chi connectivity index (χ0v) is 10.6. The van der Waals surface area contributed by atoms with Crippen molar-refractivity contribution >= 4 is 45.5 Å². The lowest BCUT2D eigenvalue weighted by Gasteiger charge is -2.20. The van der Waals surface area contributed by atoms with Crippen LogP contribution in [0.4, 0.5) is 5.13 Å². The third-order valence-corrected chi connectivity index (χ3v) is 5.01. The number of thiophene rings is 1. The van der Waals surface area contributed by atoms with Crippen LogP contribution in [0.3, 0.4) is 0 Å². The number of thioether (sulfide) groups is 1. The minimum Gasteiger partial charge on any atom is -0.273 e. The number of aromatic nitrogens is 1. The summed E-state index contributed by atoms with van der Waals surface area (Å²) in [6, 6.07) is 2.07. The van der Waals surface area contributed by atoms with E-state index >= 15 is 0 Å². The van der Waals surface area contributed by atoms with E-state index in [1.165, 1.54) is 16.9 Å². The summed E-state index contributed by atoms with van der Waals surface area (Å²) in [6.07, 6.45) is 1.74. The number of thiazole rings is 1. The lowest BCUT2D eigenvalue weighted by molar-refractivity contribution is -0.115. The summed E-state index contributed by atoms with van der Waals surface area (Å²) in [5, 5.41) is 6.93. The van der Waals surface area contributed by atoms with Gasteiger partial charge in [0.15, 0.2) is 5.13 Å². The van der Waals surface area contributed by atoms with Gasteiger partial charge in [-0.05, 0) is 22.4 Å². The lowest BCUT2D eigenvalue weighted by atomic mass is 10.3. The summed E-state index contributed by atoms with van der Waals surface area (Å²) in [7, 11) is 0. The van der Waals surface area contributed by atoms with Crippen LogP contribution < -0.4 is 4.90 Å². The van der Waals surface area contributed by atoms with Gasteiger partial charge in [0, 0.05) is 11.6 Å². The minimum absolute atomic E-state index is 0.102. The molecule has 0 N–H and O–H groups in total. The van der Waals surface area contributed by atoms with Crippen LogP contribution >= 0.6 is 34.4 Å². The predicted octanol–water partition coefficient (Wildman–Crippen LogP) is 2.98. The first-order chi connectivity index (χ1) is 7.86. The van der Waals surface area contributed by atoms with Gasteiger partial charge in [0.25, 0.3) is 0 Å². The zero-order valence-electron chi connectivity index (χ0n) is 8.20. The molecule has 3 heterocycles. The Hall–Kier alpha value is -0.850. The molecule has 16 heavy (non-hydrogen) atoms. The van der Waals surface area contributed by atoms with Crippen LogP contribution in [0.25, 0.3) is 0 Å². The highest BCUT2D eigenvalue weighted by atomic mass is 32.2. The number of hydrogen-bond donors (Lipinski definition) is 0. The fourth-order valence-electron chi connectivity index (χ4n) is 1.63. The van der Waals surface area contributed by atoms with Gasteiger partial charge in [0.05, 0.1) is 5.75 Å². The summed E-state index contributed by atoms with van der Waals surface area (Å²) in [5.41, 5.74) is 1.19. The first kappa shape index (κ1) is 10.3. The molecule has 3 rings (SSSR count). The minimum atomic E-state index is 0.102. The van der Waals surface area contributed by atoms with Crippen molar-refractivity contribution in [2.75, 3.05) is 10.7 Å². The number of anilines is 1. The van der Waals surface area contributed by atoms with Crippen molar-refractivity contribution < 1.29 is 4.79 Å². The highest BCUT2D eigenvalue weighted by Crippen LogP contribution is 2.42. The van der Waals surface area contributed by atoms with Crippen molar-refractivity contribution in [3.63, 3.8) is 0 Å². The van der Waals surface area contributed by atoms with Crippen molar-refractivity contribution in [3.8, 4) is 0 Å². The number of amides is 1. The summed E-state index contributed by atoms with van der Waals surface area (Å²) in [4.78, 5) is 17.9. The Morgan fingerprint density at radius 1 is 1.44 bits per heavy atom. The number of carbonyl (C=O) groups excluding carboxylic acids is 1. The molecule has 6 heteroatoms. The van der Waals surface area contributed by atoms with E-state index < -0.39 is 0 Å². The molecule has 2 aromatic heterocycles. The molecule has 1 unspecified atom stereocenters. The van der Waals surface area contributed by atoms with Gasteiger partial charge in [-0.2, -0.15) is 11.3 Å². The number of rotatable bonds is 2. The second-order valence-corrected chi connectivity index (χ2v) is 6.02. The Balaban J connectivity index is 1.97. The fourth-order valence-corrected chi connectivity index (χ4v) is 4.29. The van der Waals surface area contributed by atoms with E-state index in [0.717, 1.165) is 5.13 Å². The van der Waals surface area contributed by atoms with Crippen LogP contribution in [0.2, 0.25) is 0 Å². The Morgan fingerprint density at radius 3 is 3.06 bits per heavy atom. The average molecular weight is 268 g/mol. The molecule has 1 aliphatic heterocycles. The van der Waals surface area contributed by atoms with Crippen LogP contribution in [-0.4, -0.2) is 16.6 Å². The van der Waals surface area contributed by atoms with E-state index in [1.54, 1.807) is 34.2 Å². The molecule has 82 valence electrons. The van der Waals surface area contributed by atoms with E-state index in [2.05, 4.69) is 16.4 Å². The Kier molecular flexibility index (Phi) is 2.70. The van der Waals surface area contributed by atoms with Crippen molar-refractivity contribution in [3.05, 3.63) is 34.0 Å². The third kappa shape index (κ3) is 1.66. The number of hydrogen-bond acceptors (Lipinski definition) is 5. The molecular weight excluding hydrogens is 260 g/mol. The molecule has 1 fully saturated rings. The molecule has 0 aromatic carbocycles. The SMILES string of the molecule is O=C1CSC(c2ccsc2)N1c1nccs1. The molecule has 1 atom stereocenters. The van der Waals surface area contributed by atoms with Crippen molar-refractivity contribution in [2.24, 2.45) is 0 Å². The van der Waals surface area contributed by atoms with E-state index in [9.17, 15) is 4.79 Å². The zero-order chi connectivity index (χ0) is 11.0. The highest BCUT2D eigenvalue weighted by Gasteiger charge is 2.35. The van der Waals surface area contributed by atoms with Crippen LogP contribution in [0.1, 0.15) is 10.9 Å². The maximum Gasteiger partial charge on any atom is 0.240 e. The van der Waals surface area contributed by atoms with Crippen LogP contribution in [0.15, 0.2) is 28.4 Å². The number of nitrogens with zero attached hydrogens (tertiary/aromatic N) is 2. The van der Waals surface area contributed by atoms with Crippen LogP contribution in [0, 0.1) is 0 Å². The van der Waals surface area contributed by atoms with Gasteiger partial charge in [-0.3, -0.25) is 9.69 Å². The largest absolute Gasteiger partial charge is 0.273 e. The second kappa shape index (κ2) is 4.20. The average Bonchev–Trinajstić information content (AvgIpc) is 2.96. The quantitative estimate of drug-likeness (QED) is 0.839. The predicted molar refractivity (Wildman–Crippen MR) is 69.1 cm³/mol. The van der Waals surface area contributed by atoms with E-state index in [1.807, 2.05) is 10.8 Å². The van der Waals surface area contributed by atoms with Gasteiger partial charge in [-0.25, -0.2) is 4.98 Å². The first-order valence-electron chi connectivity index (χ1n) is 4.71. The molecule has 0 spiro atoms. The first-order valence-corrected chi connectivity index (χ1v) is 7.58. The molecule has 0 saturated carbocycles. The van der Waals surface area contributed by atoms with Crippen molar-refractivity contribution in [1.29, 1.82) is 0 Å². The molecule has 1 saturated heterocycles. The molecule has 3 nitrogen and oxygen atoms in total. The maximum atomic E-state index is 11.9. The van der Waals surface area contributed by atoms with E-state index in [4.69, 9.17) is 0 Å². The maximum absolute atomic E-state index is 11.9. The molecule has 0 bridgehead atoms. The highest BCUT2D eigenvalue weighted by molar-refractivity contribution is 8.00. The Bertz CT molecular complexity index is 480. The summed E-state index contributed by atoms with van der Waals surface area (Å²) in [5.74, 6) is 0.691. The van der Waals surface area contributed by atoms with Crippen LogP contribution in [0.5, 0.6) is 0 Å². The molecular formula is C10H8N2OS3. The van der Waals surface area contributed by atoms with Gasteiger partial charge < -0.3 is 0 Å². The Morgan fingerprint density at radius 2 is 2.38 bits per heavy atom. The van der Waals surface area contributed by atoms with Gasteiger partial charge in [0.2, 0.25) is 5.91 Å². The topological polar surface area (TPSA) is 33.2 Å². The molecule has 1 aliphatic rings. The lowest BCUT2D eigenvalue weighted by Crippen LogP contribution is -2.27. The van der Waals surface area contributed by atoms with Crippen molar-refractivity contribution in [2.45, 2.75) is 5.37 Å². The smallest absolute Gasteiger partial charge is 0.240 e. The molecule has 1 amide bonds. The molecule has 0 aliphatic carbocycles. The molecule has 2 aromatic rings. The van der Waals surface area contributed by atoms with Gasteiger partial charge in [0.1, 0.15) is 5.37 Å². The summed E-state index contributed by atoms with van der Waals surface area (Å²) in [6.45, 7) is 0. The normalized spacial score (nSPS) is 20.6. The standard InChI is InChI=1S/C10H8N2OS3/c13-8-6-16-9(7-1-3-14-5-7)12(8)10-11-2-4-15-10/h1-5,9H,6H2. The van der Waals surface area contributed by atoms with Gasteiger partial charge >= 0.3 is 0 Å². The third-order valence-electron chi connectivity index (χ3n) is 2.32.